The first-order valence-electron chi connectivity index (χ1n) is 9.69. The zero-order valence-electron chi connectivity index (χ0n) is 16.0. The van der Waals surface area contributed by atoms with Gasteiger partial charge in [0.15, 0.2) is 0 Å². The van der Waals surface area contributed by atoms with Crippen molar-refractivity contribution in [3.05, 3.63) is 0 Å². The van der Waals surface area contributed by atoms with E-state index in [1.54, 1.807) is 0 Å². The maximum absolute atomic E-state index is 6.30. The number of nitrogens with zero attached hydrogens (tertiary/aromatic N) is 1. The van der Waals surface area contributed by atoms with Crippen molar-refractivity contribution in [1.29, 1.82) is 0 Å². The van der Waals surface area contributed by atoms with Gasteiger partial charge in [-0.15, -0.1) is 0 Å². The van der Waals surface area contributed by atoms with Gasteiger partial charge in [0.1, 0.15) is 0 Å². The van der Waals surface area contributed by atoms with Crippen molar-refractivity contribution in [1.82, 2.24) is 0 Å². The number of aliphatic imine (C=N–C) groups is 1. The molecule has 0 aliphatic carbocycles. The van der Waals surface area contributed by atoms with E-state index in [4.69, 9.17) is 8.07 Å². The molecular weight excluding hydrogens is 377 g/mol. The van der Waals surface area contributed by atoms with Gasteiger partial charge in [-0.1, -0.05) is 0 Å². The van der Waals surface area contributed by atoms with E-state index >= 15 is 0 Å². The van der Waals surface area contributed by atoms with Crippen LogP contribution < -0.4 is 0 Å². The Kier molecular flexibility index (Phi) is 15.3. The van der Waals surface area contributed by atoms with Gasteiger partial charge in [-0.2, -0.15) is 0 Å². The Hall–Kier alpha value is 0.429. The summed E-state index contributed by atoms with van der Waals surface area (Å²) in [7, 11) is 0. The molecule has 0 saturated heterocycles. The van der Waals surface area contributed by atoms with Gasteiger partial charge in [-0.05, 0) is 0 Å². The SMILES string of the molecule is CCCCCCC/C=N/C(CCCCCCC)[O][Sn]([CH3])([CH3])[CH3]. The predicted molar refractivity (Wildman–Crippen MR) is 103 cm³/mol. The molecule has 0 rings (SSSR count). The third kappa shape index (κ3) is 16.8. The molecule has 0 aromatic rings. The van der Waals surface area contributed by atoms with Crippen LogP contribution in [0.15, 0.2) is 4.99 Å². The molecule has 2 nitrogen and oxygen atoms in total. The number of unbranched alkanes of at least 4 members (excludes halogenated alkanes) is 9. The molecule has 0 aromatic heterocycles. The number of rotatable bonds is 15. The molecule has 0 N–H and O–H groups in total. The van der Waals surface area contributed by atoms with Gasteiger partial charge in [-0.3, -0.25) is 0 Å². The van der Waals surface area contributed by atoms with E-state index in [1.807, 2.05) is 0 Å². The monoisotopic (exact) mass is 419 g/mol. The van der Waals surface area contributed by atoms with Crippen molar-refractivity contribution in [3.63, 3.8) is 0 Å². The zero-order valence-corrected chi connectivity index (χ0v) is 18.8. The molecule has 0 aromatic carbocycles. The second-order valence-electron chi connectivity index (χ2n) is 7.42. The first kappa shape index (κ1) is 22.4. The summed E-state index contributed by atoms with van der Waals surface area (Å²) >= 11 is -2.21. The van der Waals surface area contributed by atoms with Crippen LogP contribution >= 0.6 is 0 Å². The standard InChI is InChI=1S/C16H32NO.3CH3.Sn/c1-3-5-7-9-11-13-15-17-16(18)14-12-10-8-6-4-2;;;;/h15-16H,3-14H2,1-2H3;3*1H3;/q-1;;;;+1/b17-15+;;;;. The first-order chi connectivity index (χ1) is 10.5. The normalized spacial score (nSPS) is 13.9. The topological polar surface area (TPSA) is 21.6 Å². The summed E-state index contributed by atoms with van der Waals surface area (Å²) in [6.45, 7) is 4.53. The van der Waals surface area contributed by atoms with Gasteiger partial charge in [0.05, 0.1) is 0 Å². The van der Waals surface area contributed by atoms with Crippen LogP contribution in [0.25, 0.3) is 0 Å². The predicted octanol–water partition coefficient (Wildman–Crippen LogP) is 6.96. The van der Waals surface area contributed by atoms with E-state index in [9.17, 15) is 0 Å². The number of hydrogen-bond acceptors (Lipinski definition) is 2. The van der Waals surface area contributed by atoms with Gasteiger partial charge in [0.2, 0.25) is 0 Å². The first-order valence-corrected chi connectivity index (χ1v) is 19.4. The third-order valence-corrected chi connectivity index (χ3v) is 6.55. The molecule has 22 heavy (non-hydrogen) atoms. The van der Waals surface area contributed by atoms with E-state index < -0.39 is 18.8 Å². The maximum atomic E-state index is 6.30. The average Bonchev–Trinajstić information content (AvgIpc) is 2.44. The van der Waals surface area contributed by atoms with Crippen LogP contribution in [0.2, 0.25) is 14.8 Å². The van der Waals surface area contributed by atoms with Crippen LogP contribution in [-0.4, -0.2) is 31.2 Å². The molecule has 0 aliphatic rings. The van der Waals surface area contributed by atoms with E-state index in [2.05, 4.69) is 34.9 Å². The van der Waals surface area contributed by atoms with Crippen molar-refractivity contribution >= 4 is 25.0 Å². The molecule has 0 spiro atoms. The van der Waals surface area contributed by atoms with E-state index in [1.165, 1.54) is 64.2 Å². The van der Waals surface area contributed by atoms with Crippen molar-refractivity contribution in [3.8, 4) is 0 Å². The van der Waals surface area contributed by atoms with Crippen molar-refractivity contribution in [2.24, 2.45) is 4.99 Å². The summed E-state index contributed by atoms with van der Waals surface area (Å²) in [6.07, 6.45) is 17.9. The Morgan fingerprint density at radius 2 is 1.36 bits per heavy atom. The Balaban J connectivity index is 3.96. The molecule has 0 saturated carbocycles. The minimum atomic E-state index is -2.21. The molecule has 0 aliphatic heterocycles. The van der Waals surface area contributed by atoms with Crippen LogP contribution in [-0.2, 0) is 3.07 Å². The molecule has 0 radical (unpaired) electrons. The Bertz CT molecular complexity index is 261. The van der Waals surface area contributed by atoms with Crippen LogP contribution in [0.5, 0.6) is 0 Å². The molecule has 0 amide bonds. The summed E-state index contributed by atoms with van der Waals surface area (Å²) in [5, 5.41) is 0. The molecule has 1 unspecified atom stereocenters. The van der Waals surface area contributed by atoms with Gasteiger partial charge in [-0.25, -0.2) is 0 Å². The van der Waals surface area contributed by atoms with E-state index in [-0.39, 0.29) is 6.23 Å². The fourth-order valence-corrected chi connectivity index (χ4v) is 5.37. The fourth-order valence-electron chi connectivity index (χ4n) is 2.53. The van der Waals surface area contributed by atoms with E-state index in [0.717, 1.165) is 12.8 Å². The summed E-state index contributed by atoms with van der Waals surface area (Å²) in [5.74, 6) is 0. The Labute approximate surface area is 144 Å². The fraction of sp³-hybridized carbons (Fsp3) is 0.947. The van der Waals surface area contributed by atoms with Crippen molar-refractivity contribution in [2.45, 2.75) is 112 Å². The summed E-state index contributed by atoms with van der Waals surface area (Å²) in [4.78, 5) is 11.7. The minimum absolute atomic E-state index is 0.146. The molecule has 0 heterocycles. The molecule has 132 valence electrons. The summed E-state index contributed by atoms with van der Waals surface area (Å²) in [5.41, 5.74) is 0. The molecular formula is C19H41NOSn. The van der Waals surface area contributed by atoms with Crippen LogP contribution in [0, 0.1) is 0 Å². The van der Waals surface area contributed by atoms with Gasteiger partial charge < -0.3 is 0 Å². The van der Waals surface area contributed by atoms with Crippen molar-refractivity contribution < 1.29 is 3.07 Å². The third-order valence-electron chi connectivity index (χ3n) is 3.75. The molecule has 3 heteroatoms. The molecule has 0 bridgehead atoms. The number of hydrogen-bond donors (Lipinski definition) is 0. The van der Waals surface area contributed by atoms with E-state index in [0.29, 0.717) is 0 Å². The van der Waals surface area contributed by atoms with Crippen molar-refractivity contribution in [2.75, 3.05) is 0 Å². The average molecular weight is 418 g/mol. The second-order valence-corrected chi connectivity index (χ2v) is 20.2. The summed E-state index contributed by atoms with van der Waals surface area (Å²) < 4.78 is 6.30. The van der Waals surface area contributed by atoms with Crippen LogP contribution in [0.1, 0.15) is 90.9 Å². The molecule has 0 fully saturated rings. The quantitative estimate of drug-likeness (QED) is 0.160. The Morgan fingerprint density at radius 3 is 1.91 bits per heavy atom. The van der Waals surface area contributed by atoms with Crippen LogP contribution in [0.4, 0.5) is 0 Å². The molecule has 1 atom stereocenters. The Morgan fingerprint density at radius 1 is 0.818 bits per heavy atom. The second kappa shape index (κ2) is 15.0. The summed E-state index contributed by atoms with van der Waals surface area (Å²) in [6, 6.07) is 0. The van der Waals surface area contributed by atoms with Crippen LogP contribution in [0.3, 0.4) is 0 Å². The van der Waals surface area contributed by atoms with Gasteiger partial charge in [0, 0.05) is 0 Å². The van der Waals surface area contributed by atoms with Gasteiger partial charge >= 0.3 is 145 Å². The van der Waals surface area contributed by atoms with Gasteiger partial charge in [0.25, 0.3) is 0 Å². The zero-order chi connectivity index (χ0) is 16.7.